The van der Waals surface area contributed by atoms with E-state index >= 15 is 0 Å². The first-order chi connectivity index (χ1) is 9.69. The Bertz CT molecular complexity index is 551. The van der Waals surface area contributed by atoms with E-state index in [1.165, 1.54) is 5.56 Å². The van der Waals surface area contributed by atoms with E-state index in [2.05, 4.69) is 24.4 Å². The number of nitrogens with one attached hydrogen (secondary N) is 1. The largest absolute Gasteiger partial charge is 0.457 e. The molecule has 0 unspecified atom stereocenters. The van der Waals surface area contributed by atoms with E-state index in [4.69, 9.17) is 16.3 Å². The Balaban J connectivity index is 1.99. The van der Waals surface area contributed by atoms with Crippen LogP contribution < -0.4 is 10.1 Å². The molecule has 0 fully saturated rings. The topological polar surface area (TPSA) is 21.3 Å². The number of hydrogen-bond donors (Lipinski definition) is 1. The summed E-state index contributed by atoms with van der Waals surface area (Å²) in [5.41, 5.74) is 2.30. The van der Waals surface area contributed by atoms with Gasteiger partial charge in [-0.25, -0.2) is 0 Å². The third kappa shape index (κ3) is 4.26. The molecular weight excluding hydrogens is 270 g/mol. The second kappa shape index (κ2) is 7.32. The van der Waals surface area contributed by atoms with Gasteiger partial charge in [0, 0.05) is 11.6 Å². The average Bonchev–Trinajstić information content (AvgIpc) is 2.44. The number of hydrogen-bond acceptors (Lipinski definition) is 2. The molecule has 2 nitrogen and oxygen atoms in total. The van der Waals surface area contributed by atoms with E-state index in [0.29, 0.717) is 0 Å². The lowest BCUT2D eigenvalue weighted by atomic mass is 10.2. The van der Waals surface area contributed by atoms with Crippen LogP contribution in [0.2, 0.25) is 5.02 Å². The third-order valence-corrected chi connectivity index (χ3v) is 3.28. The molecule has 1 N–H and O–H groups in total. The van der Waals surface area contributed by atoms with Crippen LogP contribution in [0.25, 0.3) is 0 Å². The summed E-state index contributed by atoms with van der Waals surface area (Å²) in [5, 5.41) is 4.11. The van der Waals surface area contributed by atoms with Gasteiger partial charge in [-0.3, -0.25) is 0 Å². The number of benzene rings is 2. The lowest BCUT2D eigenvalue weighted by molar-refractivity contribution is 0.478. The van der Waals surface area contributed by atoms with Gasteiger partial charge in [0.05, 0.1) is 0 Å². The van der Waals surface area contributed by atoms with Gasteiger partial charge in [-0.1, -0.05) is 30.7 Å². The van der Waals surface area contributed by atoms with Gasteiger partial charge in [-0.15, -0.1) is 0 Å². The van der Waals surface area contributed by atoms with Crippen LogP contribution in [0.15, 0.2) is 42.5 Å². The normalized spacial score (nSPS) is 10.6. The molecule has 0 aliphatic carbocycles. The van der Waals surface area contributed by atoms with Crippen LogP contribution in [-0.2, 0) is 6.54 Å². The summed E-state index contributed by atoms with van der Waals surface area (Å²) >= 11 is 5.94. The maximum atomic E-state index is 5.94. The zero-order valence-corrected chi connectivity index (χ0v) is 12.7. The molecule has 0 heterocycles. The van der Waals surface area contributed by atoms with E-state index in [1.807, 2.05) is 37.3 Å². The Kier molecular flexibility index (Phi) is 5.45. The molecule has 0 spiro atoms. The van der Waals surface area contributed by atoms with Gasteiger partial charge in [-0.05, 0) is 61.3 Å². The molecule has 0 aromatic heterocycles. The van der Waals surface area contributed by atoms with Crippen LogP contribution in [0.5, 0.6) is 11.5 Å². The molecule has 20 heavy (non-hydrogen) atoms. The summed E-state index contributed by atoms with van der Waals surface area (Å²) < 4.78 is 5.87. The molecule has 0 amide bonds. The van der Waals surface area contributed by atoms with Crippen LogP contribution in [0.1, 0.15) is 24.5 Å². The highest BCUT2D eigenvalue weighted by atomic mass is 35.5. The van der Waals surface area contributed by atoms with Crippen molar-refractivity contribution < 1.29 is 4.74 Å². The molecule has 3 heteroatoms. The minimum absolute atomic E-state index is 0.729. The number of rotatable bonds is 6. The van der Waals surface area contributed by atoms with Gasteiger partial charge in [-0.2, -0.15) is 0 Å². The fourth-order valence-corrected chi connectivity index (χ4v) is 2.17. The standard InChI is InChI=1S/C17H20ClNO/c1-3-10-19-12-14-4-7-16(8-5-14)20-17-9-6-15(18)11-13(17)2/h4-9,11,19H,3,10,12H2,1-2H3. The van der Waals surface area contributed by atoms with Crippen molar-refractivity contribution in [3.8, 4) is 11.5 Å². The molecule has 2 aromatic rings. The third-order valence-electron chi connectivity index (χ3n) is 3.04. The van der Waals surface area contributed by atoms with E-state index in [1.54, 1.807) is 0 Å². The number of halogens is 1. The van der Waals surface area contributed by atoms with E-state index < -0.39 is 0 Å². The maximum Gasteiger partial charge on any atom is 0.130 e. The van der Waals surface area contributed by atoms with Crippen LogP contribution in [-0.4, -0.2) is 6.54 Å². The van der Waals surface area contributed by atoms with E-state index in [-0.39, 0.29) is 0 Å². The van der Waals surface area contributed by atoms with Gasteiger partial charge in [0.25, 0.3) is 0 Å². The summed E-state index contributed by atoms with van der Waals surface area (Å²) in [5.74, 6) is 1.68. The van der Waals surface area contributed by atoms with Crippen molar-refractivity contribution in [2.75, 3.05) is 6.54 Å². The van der Waals surface area contributed by atoms with Gasteiger partial charge in [0.15, 0.2) is 0 Å². The molecular formula is C17H20ClNO. The monoisotopic (exact) mass is 289 g/mol. The van der Waals surface area contributed by atoms with Crippen LogP contribution in [0, 0.1) is 6.92 Å². The Labute approximate surface area is 125 Å². The lowest BCUT2D eigenvalue weighted by Gasteiger charge is -2.10. The molecule has 0 atom stereocenters. The molecule has 106 valence electrons. The van der Waals surface area contributed by atoms with Gasteiger partial charge >= 0.3 is 0 Å². The Morgan fingerprint density at radius 2 is 1.85 bits per heavy atom. The van der Waals surface area contributed by atoms with Gasteiger partial charge < -0.3 is 10.1 Å². The minimum Gasteiger partial charge on any atom is -0.457 e. The molecule has 0 saturated heterocycles. The predicted octanol–water partition coefficient (Wildman–Crippen LogP) is 4.94. The van der Waals surface area contributed by atoms with Crippen LogP contribution in [0.3, 0.4) is 0 Å². The van der Waals surface area contributed by atoms with Gasteiger partial charge in [0.2, 0.25) is 0 Å². The van der Waals surface area contributed by atoms with Crippen molar-refractivity contribution in [2.45, 2.75) is 26.8 Å². The molecule has 0 aliphatic heterocycles. The highest BCUT2D eigenvalue weighted by Crippen LogP contribution is 2.27. The van der Waals surface area contributed by atoms with Crippen molar-refractivity contribution in [1.82, 2.24) is 5.32 Å². The summed E-state index contributed by atoms with van der Waals surface area (Å²) in [4.78, 5) is 0. The highest BCUT2D eigenvalue weighted by molar-refractivity contribution is 6.30. The second-order valence-corrected chi connectivity index (χ2v) is 5.27. The molecule has 2 rings (SSSR count). The summed E-state index contributed by atoms with van der Waals surface area (Å²) in [6.07, 6.45) is 1.15. The average molecular weight is 290 g/mol. The summed E-state index contributed by atoms with van der Waals surface area (Å²) in [6.45, 7) is 6.10. The first-order valence-corrected chi connectivity index (χ1v) is 7.30. The maximum absolute atomic E-state index is 5.94. The predicted molar refractivity (Wildman–Crippen MR) is 84.7 cm³/mol. The SMILES string of the molecule is CCCNCc1ccc(Oc2ccc(Cl)cc2C)cc1. The number of aryl methyl sites for hydroxylation is 1. The zero-order chi connectivity index (χ0) is 14.4. The van der Waals surface area contributed by atoms with Crippen LogP contribution >= 0.6 is 11.6 Å². The van der Waals surface area contributed by atoms with Crippen LogP contribution in [0.4, 0.5) is 0 Å². The zero-order valence-electron chi connectivity index (χ0n) is 11.9. The first-order valence-electron chi connectivity index (χ1n) is 6.92. The molecule has 0 aliphatic rings. The molecule has 0 saturated carbocycles. The first kappa shape index (κ1) is 14.9. The number of ether oxygens (including phenoxy) is 1. The van der Waals surface area contributed by atoms with Crippen molar-refractivity contribution in [1.29, 1.82) is 0 Å². The van der Waals surface area contributed by atoms with Crippen molar-refractivity contribution in [2.24, 2.45) is 0 Å². The van der Waals surface area contributed by atoms with E-state index in [0.717, 1.165) is 41.6 Å². The van der Waals surface area contributed by atoms with Crippen molar-refractivity contribution in [3.05, 3.63) is 58.6 Å². The summed E-state index contributed by atoms with van der Waals surface area (Å²) in [6, 6.07) is 13.8. The quantitative estimate of drug-likeness (QED) is 0.761. The minimum atomic E-state index is 0.729. The Hall–Kier alpha value is -1.51. The lowest BCUT2D eigenvalue weighted by Crippen LogP contribution is -2.13. The fraction of sp³-hybridized carbons (Fsp3) is 0.294. The second-order valence-electron chi connectivity index (χ2n) is 4.83. The fourth-order valence-electron chi connectivity index (χ4n) is 1.94. The Morgan fingerprint density at radius 3 is 2.50 bits per heavy atom. The van der Waals surface area contributed by atoms with Crippen molar-refractivity contribution >= 4 is 11.6 Å². The van der Waals surface area contributed by atoms with Crippen molar-refractivity contribution in [3.63, 3.8) is 0 Å². The van der Waals surface area contributed by atoms with E-state index in [9.17, 15) is 0 Å². The molecule has 0 bridgehead atoms. The molecule has 0 radical (unpaired) electrons. The highest BCUT2D eigenvalue weighted by Gasteiger charge is 2.02. The summed E-state index contributed by atoms with van der Waals surface area (Å²) in [7, 11) is 0. The Morgan fingerprint density at radius 1 is 1.10 bits per heavy atom. The molecule has 2 aromatic carbocycles. The smallest absolute Gasteiger partial charge is 0.130 e. The van der Waals surface area contributed by atoms with Gasteiger partial charge in [0.1, 0.15) is 11.5 Å².